The van der Waals surface area contributed by atoms with Crippen molar-refractivity contribution in [3.05, 3.63) is 45.1 Å². The smallest absolute Gasteiger partial charge is 0.265 e. The largest absolute Gasteiger partial charge is 0.496 e. The van der Waals surface area contributed by atoms with Crippen LogP contribution in [0.4, 0.5) is 5.69 Å². The topological polar surface area (TPSA) is 64.3 Å². The fourth-order valence-electron chi connectivity index (χ4n) is 1.50. The maximum Gasteiger partial charge on any atom is 0.265 e. The number of amides is 1. The number of rotatable bonds is 4. The third-order valence-electron chi connectivity index (χ3n) is 2.53. The van der Waals surface area contributed by atoms with Gasteiger partial charge in [-0.25, -0.2) is 0 Å². The fraction of sp³-hybridized carbons (Fsp3) is 0.0769. The van der Waals surface area contributed by atoms with Crippen LogP contribution in [0.2, 0.25) is 5.02 Å². The molecule has 1 heterocycles. The number of hydrogen-bond acceptors (Lipinski definition) is 4. The van der Waals surface area contributed by atoms with Crippen molar-refractivity contribution >= 4 is 51.7 Å². The van der Waals surface area contributed by atoms with Gasteiger partial charge in [-0.3, -0.25) is 4.79 Å². The Morgan fingerprint density at radius 3 is 2.80 bits per heavy atom. The van der Waals surface area contributed by atoms with E-state index >= 15 is 0 Å². The van der Waals surface area contributed by atoms with E-state index in [2.05, 4.69) is 5.32 Å². The van der Waals surface area contributed by atoms with E-state index in [1.165, 1.54) is 11.3 Å². The van der Waals surface area contributed by atoms with Crippen LogP contribution in [0.15, 0.2) is 29.6 Å². The molecule has 0 aliphatic carbocycles. The Balaban J connectivity index is 2.22. The van der Waals surface area contributed by atoms with E-state index < -0.39 is 0 Å². The highest BCUT2D eigenvalue weighted by Gasteiger charge is 2.12. The molecule has 0 aliphatic heterocycles. The molecular weight excluding hydrogens is 316 g/mol. The lowest BCUT2D eigenvalue weighted by atomic mass is 10.2. The lowest BCUT2D eigenvalue weighted by Gasteiger charge is -2.08. The molecule has 104 valence electrons. The van der Waals surface area contributed by atoms with Gasteiger partial charge in [-0.15, -0.1) is 11.3 Å². The van der Waals surface area contributed by atoms with Gasteiger partial charge < -0.3 is 15.8 Å². The zero-order chi connectivity index (χ0) is 14.7. The van der Waals surface area contributed by atoms with Crippen LogP contribution in [0, 0.1) is 0 Å². The summed E-state index contributed by atoms with van der Waals surface area (Å²) in [4.78, 5) is 12.9. The number of hydrogen-bond donors (Lipinski definition) is 2. The van der Waals surface area contributed by atoms with Crippen LogP contribution in [-0.2, 0) is 0 Å². The molecule has 1 aromatic carbocycles. The zero-order valence-corrected chi connectivity index (χ0v) is 12.9. The van der Waals surface area contributed by atoms with Gasteiger partial charge in [-0.1, -0.05) is 29.9 Å². The molecule has 3 N–H and O–H groups in total. The molecule has 0 atom stereocenters. The number of benzene rings is 1. The standard InChI is InChI=1S/C13H11ClN2O2S2/c1-18-8-5-11(20-6-8)13(17)16-10-4-7(12(15)19)2-3-9(10)14/h2-6H,1H3,(H2,15,19)(H,16,17). The normalized spacial score (nSPS) is 10.1. The van der Waals surface area contributed by atoms with Gasteiger partial charge in [0.05, 0.1) is 22.7 Å². The van der Waals surface area contributed by atoms with Crippen molar-refractivity contribution in [2.75, 3.05) is 12.4 Å². The van der Waals surface area contributed by atoms with Gasteiger partial charge >= 0.3 is 0 Å². The van der Waals surface area contributed by atoms with Crippen molar-refractivity contribution in [3.8, 4) is 5.75 Å². The molecule has 1 amide bonds. The summed E-state index contributed by atoms with van der Waals surface area (Å²) in [6.45, 7) is 0. The highest BCUT2D eigenvalue weighted by molar-refractivity contribution is 7.80. The summed E-state index contributed by atoms with van der Waals surface area (Å²) in [7, 11) is 1.55. The van der Waals surface area contributed by atoms with E-state index in [0.29, 0.717) is 26.9 Å². The van der Waals surface area contributed by atoms with E-state index in [1.54, 1.807) is 36.8 Å². The second-order valence-electron chi connectivity index (χ2n) is 3.86. The summed E-state index contributed by atoms with van der Waals surface area (Å²) in [5.41, 5.74) is 6.67. The summed E-state index contributed by atoms with van der Waals surface area (Å²) >= 11 is 12.2. The average molecular weight is 327 g/mol. The van der Waals surface area contributed by atoms with Crippen LogP contribution < -0.4 is 15.8 Å². The molecule has 0 unspecified atom stereocenters. The van der Waals surface area contributed by atoms with Gasteiger partial charge in [-0.05, 0) is 12.1 Å². The van der Waals surface area contributed by atoms with Crippen LogP contribution in [0.1, 0.15) is 15.2 Å². The molecular formula is C13H11ClN2O2S2. The van der Waals surface area contributed by atoms with E-state index in [0.717, 1.165) is 0 Å². The number of nitrogens with one attached hydrogen (secondary N) is 1. The van der Waals surface area contributed by atoms with Crippen molar-refractivity contribution in [1.29, 1.82) is 0 Å². The first kappa shape index (κ1) is 14.8. The van der Waals surface area contributed by atoms with Gasteiger partial charge in [0.15, 0.2) is 0 Å². The van der Waals surface area contributed by atoms with E-state index in [4.69, 9.17) is 34.3 Å². The molecule has 4 nitrogen and oxygen atoms in total. The first-order chi connectivity index (χ1) is 9.51. The first-order valence-corrected chi connectivity index (χ1v) is 7.21. The summed E-state index contributed by atoms with van der Waals surface area (Å²) in [6.07, 6.45) is 0. The Morgan fingerprint density at radius 2 is 2.20 bits per heavy atom. The molecule has 0 bridgehead atoms. The highest BCUT2D eigenvalue weighted by Crippen LogP contribution is 2.26. The molecule has 0 radical (unpaired) electrons. The number of nitrogens with two attached hydrogens (primary N) is 1. The fourth-order valence-corrected chi connectivity index (χ4v) is 2.54. The van der Waals surface area contributed by atoms with E-state index in [-0.39, 0.29) is 10.9 Å². The average Bonchev–Trinajstić information content (AvgIpc) is 2.89. The minimum absolute atomic E-state index is 0.245. The quantitative estimate of drug-likeness (QED) is 0.846. The van der Waals surface area contributed by atoms with Crippen molar-refractivity contribution in [2.24, 2.45) is 5.73 Å². The Labute approximate surface area is 130 Å². The Hall–Kier alpha value is -1.63. The Morgan fingerprint density at radius 1 is 1.45 bits per heavy atom. The molecule has 2 aromatic rings. The number of carbonyl (C=O) groups is 1. The molecule has 0 aliphatic rings. The van der Waals surface area contributed by atoms with Crippen molar-refractivity contribution in [1.82, 2.24) is 0 Å². The summed E-state index contributed by atoms with van der Waals surface area (Å²) in [5.74, 6) is 0.378. The summed E-state index contributed by atoms with van der Waals surface area (Å²) < 4.78 is 5.04. The number of halogens is 1. The molecule has 0 spiro atoms. The van der Waals surface area contributed by atoms with Crippen LogP contribution in [-0.4, -0.2) is 18.0 Å². The lowest BCUT2D eigenvalue weighted by Crippen LogP contribution is -2.13. The predicted molar refractivity (Wildman–Crippen MR) is 86.2 cm³/mol. The van der Waals surface area contributed by atoms with Crippen molar-refractivity contribution < 1.29 is 9.53 Å². The minimum atomic E-state index is -0.264. The van der Waals surface area contributed by atoms with E-state index in [1.807, 2.05) is 0 Å². The summed E-state index contributed by atoms with van der Waals surface area (Å²) in [5, 5.41) is 4.90. The SMILES string of the molecule is COc1csc(C(=O)Nc2cc(C(N)=S)ccc2Cl)c1. The second-order valence-corrected chi connectivity index (χ2v) is 5.62. The molecule has 7 heteroatoms. The number of thiocarbonyl (C=S) groups is 1. The Kier molecular flexibility index (Phi) is 4.59. The highest BCUT2D eigenvalue weighted by atomic mass is 35.5. The number of ether oxygens (including phenoxy) is 1. The second kappa shape index (κ2) is 6.21. The predicted octanol–water partition coefficient (Wildman–Crippen LogP) is 3.30. The van der Waals surface area contributed by atoms with E-state index in [9.17, 15) is 4.79 Å². The monoisotopic (exact) mass is 326 g/mol. The third kappa shape index (κ3) is 3.27. The van der Waals surface area contributed by atoms with Crippen LogP contribution >= 0.6 is 35.2 Å². The molecule has 2 rings (SSSR count). The van der Waals surface area contributed by atoms with Crippen molar-refractivity contribution in [2.45, 2.75) is 0 Å². The molecule has 0 saturated carbocycles. The van der Waals surface area contributed by atoms with Gasteiger partial charge in [0.2, 0.25) is 0 Å². The van der Waals surface area contributed by atoms with Crippen LogP contribution in [0.25, 0.3) is 0 Å². The molecule has 0 saturated heterocycles. The first-order valence-electron chi connectivity index (χ1n) is 5.54. The third-order valence-corrected chi connectivity index (χ3v) is 4.01. The number of thiophene rings is 1. The number of anilines is 1. The number of methoxy groups -OCH3 is 1. The maximum atomic E-state index is 12.1. The minimum Gasteiger partial charge on any atom is -0.496 e. The molecule has 1 aromatic heterocycles. The Bertz CT molecular complexity index is 670. The van der Waals surface area contributed by atoms with Crippen LogP contribution in [0.5, 0.6) is 5.75 Å². The van der Waals surface area contributed by atoms with Gasteiger partial charge in [-0.2, -0.15) is 0 Å². The summed E-state index contributed by atoms with van der Waals surface area (Å²) in [6, 6.07) is 6.65. The lowest BCUT2D eigenvalue weighted by molar-refractivity contribution is 0.103. The van der Waals surface area contributed by atoms with Crippen LogP contribution in [0.3, 0.4) is 0 Å². The molecule has 20 heavy (non-hydrogen) atoms. The van der Waals surface area contributed by atoms with Gasteiger partial charge in [0, 0.05) is 17.0 Å². The number of carbonyl (C=O) groups excluding carboxylic acids is 1. The van der Waals surface area contributed by atoms with Crippen molar-refractivity contribution in [3.63, 3.8) is 0 Å². The van der Waals surface area contributed by atoms with Gasteiger partial charge in [0.25, 0.3) is 5.91 Å². The zero-order valence-electron chi connectivity index (χ0n) is 10.5. The molecule has 0 fully saturated rings. The maximum absolute atomic E-state index is 12.1. The van der Waals surface area contributed by atoms with Gasteiger partial charge in [0.1, 0.15) is 10.7 Å².